The molecular weight excluding hydrogens is 260 g/mol. The molecule has 0 rings (SSSR count). The first-order valence-electron chi connectivity index (χ1n) is 7.35. The van der Waals surface area contributed by atoms with Crippen LogP contribution in [0.2, 0.25) is 0 Å². The van der Waals surface area contributed by atoms with E-state index in [4.69, 9.17) is 11.6 Å². The fourth-order valence-corrected chi connectivity index (χ4v) is 2.15. The van der Waals surface area contributed by atoms with Gasteiger partial charge in [-0.25, -0.2) is 0 Å². The van der Waals surface area contributed by atoms with Crippen molar-refractivity contribution < 1.29 is 9.59 Å². The molecule has 0 bridgehead atoms. The zero-order valence-electron chi connectivity index (χ0n) is 12.3. The van der Waals surface area contributed by atoms with Crippen LogP contribution in [0, 0.1) is 0 Å². The van der Waals surface area contributed by atoms with Crippen LogP contribution >= 0.6 is 11.6 Å². The van der Waals surface area contributed by atoms with Gasteiger partial charge >= 0.3 is 0 Å². The maximum atomic E-state index is 10.8. The highest BCUT2D eigenvalue weighted by Gasteiger charge is 1.97. The summed E-state index contributed by atoms with van der Waals surface area (Å²) in [6.07, 6.45) is 11.9. The van der Waals surface area contributed by atoms with Gasteiger partial charge in [0.15, 0.2) is 0 Å². The standard InChI is InChI=1S/C16H27ClO2/c1-14(18)10-7-5-3-4-6-8-12-16(17)13-9-11-15(2)19/h13H,3-12H2,1-2H3/b16-13+. The Bertz CT molecular complexity index is 295. The van der Waals surface area contributed by atoms with Crippen molar-refractivity contribution in [3.05, 3.63) is 11.1 Å². The van der Waals surface area contributed by atoms with Crippen molar-refractivity contribution in [1.29, 1.82) is 0 Å². The average molecular weight is 287 g/mol. The van der Waals surface area contributed by atoms with Crippen LogP contribution in [0.15, 0.2) is 11.1 Å². The van der Waals surface area contributed by atoms with Gasteiger partial charge in [-0.05, 0) is 39.5 Å². The van der Waals surface area contributed by atoms with Gasteiger partial charge in [0.05, 0.1) is 0 Å². The van der Waals surface area contributed by atoms with Gasteiger partial charge in [0.1, 0.15) is 11.6 Å². The summed E-state index contributed by atoms with van der Waals surface area (Å²) in [6, 6.07) is 0. The maximum absolute atomic E-state index is 10.8. The molecule has 0 aromatic carbocycles. The fraction of sp³-hybridized carbons (Fsp3) is 0.750. The second-order valence-corrected chi connectivity index (χ2v) is 5.70. The third-order valence-electron chi connectivity index (χ3n) is 3.06. The second kappa shape index (κ2) is 12.4. The Kier molecular flexibility index (Phi) is 12.0. The van der Waals surface area contributed by atoms with Crippen LogP contribution in [-0.2, 0) is 9.59 Å². The number of unbranched alkanes of at least 4 members (excludes halogenated alkanes) is 5. The van der Waals surface area contributed by atoms with E-state index in [0.29, 0.717) is 12.2 Å². The lowest BCUT2D eigenvalue weighted by atomic mass is 10.1. The van der Waals surface area contributed by atoms with E-state index in [0.717, 1.165) is 43.6 Å². The van der Waals surface area contributed by atoms with Crippen LogP contribution in [0.3, 0.4) is 0 Å². The van der Waals surface area contributed by atoms with Crippen LogP contribution in [0.5, 0.6) is 0 Å². The molecule has 3 heteroatoms. The molecule has 0 N–H and O–H groups in total. The number of hydrogen-bond donors (Lipinski definition) is 0. The van der Waals surface area contributed by atoms with Crippen LogP contribution in [0.1, 0.15) is 78.1 Å². The molecule has 0 fully saturated rings. The summed E-state index contributed by atoms with van der Waals surface area (Å²) in [5, 5.41) is 0.887. The third kappa shape index (κ3) is 15.3. The quantitative estimate of drug-likeness (QED) is 0.463. The van der Waals surface area contributed by atoms with E-state index in [-0.39, 0.29) is 5.78 Å². The molecule has 0 spiro atoms. The minimum Gasteiger partial charge on any atom is -0.300 e. The number of Topliss-reactive ketones (excluding diaryl/α,β-unsaturated/α-hetero) is 2. The highest BCUT2D eigenvalue weighted by Crippen LogP contribution is 2.16. The molecule has 0 amide bonds. The van der Waals surface area contributed by atoms with Crippen molar-refractivity contribution >= 4 is 23.2 Å². The van der Waals surface area contributed by atoms with Crippen molar-refractivity contribution in [2.45, 2.75) is 78.1 Å². The van der Waals surface area contributed by atoms with Gasteiger partial charge in [0.25, 0.3) is 0 Å². The van der Waals surface area contributed by atoms with Crippen LogP contribution < -0.4 is 0 Å². The number of allylic oxidation sites excluding steroid dienone is 2. The molecule has 0 aliphatic carbocycles. The average Bonchev–Trinajstić information content (AvgIpc) is 2.31. The molecule has 0 saturated heterocycles. The van der Waals surface area contributed by atoms with E-state index < -0.39 is 0 Å². The predicted octanol–water partition coefficient (Wildman–Crippen LogP) is 5.19. The lowest BCUT2D eigenvalue weighted by molar-refractivity contribution is -0.117. The fourth-order valence-electron chi connectivity index (χ4n) is 1.91. The minimum atomic E-state index is 0.214. The Labute approximate surface area is 122 Å². The Morgan fingerprint density at radius 2 is 1.26 bits per heavy atom. The van der Waals surface area contributed by atoms with Crippen molar-refractivity contribution in [1.82, 2.24) is 0 Å². The van der Waals surface area contributed by atoms with Gasteiger partial charge in [-0.15, -0.1) is 0 Å². The summed E-state index contributed by atoms with van der Waals surface area (Å²) < 4.78 is 0. The van der Waals surface area contributed by atoms with Crippen LogP contribution in [0.25, 0.3) is 0 Å². The van der Waals surface area contributed by atoms with Crippen molar-refractivity contribution in [3.63, 3.8) is 0 Å². The van der Waals surface area contributed by atoms with Crippen molar-refractivity contribution in [2.75, 3.05) is 0 Å². The molecule has 0 aromatic heterocycles. The first-order chi connectivity index (χ1) is 9.02. The molecule has 2 nitrogen and oxygen atoms in total. The van der Waals surface area contributed by atoms with Gasteiger partial charge in [0, 0.05) is 17.9 Å². The highest BCUT2D eigenvalue weighted by atomic mass is 35.5. The molecule has 0 aliphatic rings. The lowest BCUT2D eigenvalue weighted by Crippen LogP contribution is -1.89. The number of carbonyl (C=O) groups is 2. The number of halogens is 1. The van der Waals surface area contributed by atoms with Gasteiger partial charge in [-0.1, -0.05) is 43.4 Å². The molecule has 19 heavy (non-hydrogen) atoms. The molecule has 0 heterocycles. The molecule has 0 aliphatic heterocycles. The Morgan fingerprint density at radius 1 is 0.789 bits per heavy atom. The second-order valence-electron chi connectivity index (χ2n) is 5.22. The molecular formula is C16H27ClO2. The molecule has 0 saturated carbocycles. The summed E-state index contributed by atoms with van der Waals surface area (Å²) >= 11 is 6.07. The van der Waals surface area contributed by atoms with E-state index in [1.807, 2.05) is 6.08 Å². The number of carbonyl (C=O) groups excluding carboxylic acids is 2. The van der Waals surface area contributed by atoms with E-state index in [1.54, 1.807) is 13.8 Å². The number of ketones is 2. The van der Waals surface area contributed by atoms with Gasteiger partial charge in [-0.2, -0.15) is 0 Å². The smallest absolute Gasteiger partial charge is 0.130 e. The van der Waals surface area contributed by atoms with Crippen molar-refractivity contribution in [2.24, 2.45) is 0 Å². The third-order valence-corrected chi connectivity index (χ3v) is 3.40. The SMILES string of the molecule is CC(=O)CC/C=C(/Cl)CCCCCCCCC(C)=O. The van der Waals surface area contributed by atoms with E-state index >= 15 is 0 Å². The molecule has 0 atom stereocenters. The zero-order chi connectivity index (χ0) is 14.5. The molecule has 110 valence electrons. The van der Waals surface area contributed by atoms with E-state index in [2.05, 4.69) is 0 Å². The summed E-state index contributed by atoms with van der Waals surface area (Å²) in [5.74, 6) is 0.508. The number of rotatable bonds is 12. The summed E-state index contributed by atoms with van der Waals surface area (Å²) in [4.78, 5) is 21.5. The molecule has 0 radical (unpaired) electrons. The minimum absolute atomic E-state index is 0.214. The molecule has 0 unspecified atom stereocenters. The monoisotopic (exact) mass is 286 g/mol. The van der Waals surface area contributed by atoms with Crippen LogP contribution in [0.4, 0.5) is 0 Å². The van der Waals surface area contributed by atoms with Gasteiger partial charge < -0.3 is 9.59 Å². The maximum Gasteiger partial charge on any atom is 0.130 e. The van der Waals surface area contributed by atoms with Crippen LogP contribution in [-0.4, -0.2) is 11.6 Å². The Balaban J connectivity index is 3.33. The number of hydrogen-bond acceptors (Lipinski definition) is 2. The highest BCUT2D eigenvalue weighted by molar-refractivity contribution is 6.29. The zero-order valence-corrected chi connectivity index (χ0v) is 13.1. The summed E-state index contributed by atoms with van der Waals surface area (Å²) in [7, 11) is 0. The Hall–Kier alpha value is -0.630. The summed E-state index contributed by atoms with van der Waals surface area (Å²) in [5.41, 5.74) is 0. The van der Waals surface area contributed by atoms with E-state index in [1.165, 1.54) is 19.3 Å². The Morgan fingerprint density at radius 3 is 1.79 bits per heavy atom. The largest absolute Gasteiger partial charge is 0.300 e. The predicted molar refractivity (Wildman–Crippen MR) is 81.5 cm³/mol. The topological polar surface area (TPSA) is 34.1 Å². The summed E-state index contributed by atoms with van der Waals surface area (Å²) in [6.45, 7) is 3.26. The van der Waals surface area contributed by atoms with Gasteiger partial charge in [0.2, 0.25) is 0 Å². The lowest BCUT2D eigenvalue weighted by Gasteiger charge is -2.01. The van der Waals surface area contributed by atoms with Gasteiger partial charge in [-0.3, -0.25) is 0 Å². The van der Waals surface area contributed by atoms with Crippen molar-refractivity contribution in [3.8, 4) is 0 Å². The normalized spacial score (nSPS) is 11.6. The van der Waals surface area contributed by atoms with E-state index in [9.17, 15) is 9.59 Å². The first kappa shape index (κ1) is 18.4. The molecule has 0 aromatic rings. The first-order valence-corrected chi connectivity index (χ1v) is 7.73.